The van der Waals surface area contributed by atoms with E-state index in [9.17, 15) is 9.59 Å². The number of benzene rings is 1. The topological polar surface area (TPSA) is 92.1 Å². The van der Waals surface area contributed by atoms with Gasteiger partial charge in [-0.3, -0.25) is 19.5 Å². The van der Waals surface area contributed by atoms with Crippen molar-refractivity contribution in [3.63, 3.8) is 0 Å². The second kappa shape index (κ2) is 7.72. The SMILES string of the molecule is Cc1ccnc(CC(C)N(C)Cc2cc(=O)c3cc(C(N)=O)ccc3[nH]2)c1. The van der Waals surface area contributed by atoms with Gasteiger partial charge in [0.15, 0.2) is 5.43 Å². The van der Waals surface area contributed by atoms with E-state index in [-0.39, 0.29) is 11.5 Å². The molecule has 6 nitrogen and oxygen atoms in total. The Hall–Kier alpha value is -2.99. The lowest BCUT2D eigenvalue weighted by molar-refractivity contribution is 0.100. The maximum absolute atomic E-state index is 12.5. The normalized spacial score (nSPS) is 12.4. The fourth-order valence-corrected chi connectivity index (χ4v) is 3.13. The molecule has 140 valence electrons. The van der Waals surface area contributed by atoms with E-state index in [0.29, 0.717) is 23.0 Å². The minimum atomic E-state index is -0.543. The Labute approximate surface area is 158 Å². The Balaban J connectivity index is 1.78. The van der Waals surface area contributed by atoms with E-state index in [1.54, 1.807) is 18.2 Å². The van der Waals surface area contributed by atoms with Crippen LogP contribution in [-0.4, -0.2) is 33.9 Å². The lowest BCUT2D eigenvalue weighted by Gasteiger charge is -2.24. The van der Waals surface area contributed by atoms with Crippen molar-refractivity contribution in [1.82, 2.24) is 14.9 Å². The van der Waals surface area contributed by atoms with Crippen LogP contribution in [0.5, 0.6) is 0 Å². The predicted molar refractivity (Wildman–Crippen MR) is 107 cm³/mol. The van der Waals surface area contributed by atoms with Gasteiger partial charge in [0, 0.05) is 59.1 Å². The summed E-state index contributed by atoms with van der Waals surface area (Å²) in [5.41, 5.74) is 9.28. The first-order valence-electron chi connectivity index (χ1n) is 8.91. The zero-order chi connectivity index (χ0) is 19.6. The largest absolute Gasteiger partial charge is 0.366 e. The zero-order valence-corrected chi connectivity index (χ0v) is 15.8. The second-order valence-corrected chi connectivity index (χ2v) is 7.08. The molecule has 3 N–H and O–H groups in total. The summed E-state index contributed by atoms with van der Waals surface area (Å²) >= 11 is 0. The summed E-state index contributed by atoms with van der Waals surface area (Å²) in [6, 6.07) is 10.8. The molecule has 2 aromatic heterocycles. The fraction of sp³-hybridized carbons (Fsp3) is 0.286. The molecule has 0 saturated heterocycles. The van der Waals surface area contributed by atoms with Gasteiger partial charge in [0.25, 0.3) is 0 Å². The average molecular weight is 364 g/mol. The monoisotopic (exact) mass is 364 g/mol. The first kappa shape index (κ1) is 18.8. The molecular formula is C21H24N4O2. The number of amides is 1. The van der Waals surface area contributed by atoms with Gasteiger partial charge in [-0.25, -0.2) is 0 Å². The molecule has 3 aromatic rings. The molecule has 1 unspecified atom stereocenters. The molecule has 27 heavy (non-hydrogen) atoms. The Morgan fingerprint density at radius 1 is 1.26 bits per heavy atom. The van der Waals surface area contributed by atoms with Gasteiger partial charge in [0.1, 0.15) is 0 Å². The molecule has 1 atom stereocenters. The molecule has 6 heteroatoms. The fourth-order valence-electron chi connectivity index (χ4n) is 3.13. The Bertz CT molecular complexity index is 1040. The summed E-state index contributed by atoms with van der Waals surface area (Å²) in [4.78, 5) is 33.7. The van der Waals surface area contributed by atoms with Crippen molar-refractivity contribution >= 4 is 16.8 Å². The van der Waals surface area contributed by atoms with Crippen LogP contribution in [0.25, 0.3) is 10.9 Å². The van der Waals surface area contributed by atoms with Gasteiger partial charge in [0.05, 0.1) is 0 Å². The Kier molecular flexibility index (Phi) is 5.37. The summed E-state index contributed by atoms with van der Waals surface area (Å²) in [5, 5.41) is 0.467. The van der Waals surface area contributed by atoms with Gasteiger partial charge in [-0.1, -0.05) is 0 Å². The molecule has 1 aromatic carbocycles. The minimum absolute atomic E-state index is 0.122. The maximum Gasteiger partial charge on any atom is 0.248 e. The number of nitrogens with two attached hydrogens (primary N) is 1. The number of hydrogen-bond donors (Lipinski definition) is 2. The lowest BCUT2D eigenvalue weighted by atomic mass is 10.1. The van der Waals surface area contributed by atoms with E-state index in [1.165, 1.54) is 11.6 Å². The summed E-state index contributed by atoms with van der Waals surface area (Å²) in [6.07, 6.45) is 2.66. The standard InChI is InChI=1S/C21H24N4O2/c1-13-6-7-23-16(8-13)9-14(2)25(3)12-17-11-20(26)18-10-15(21(22)27)4-5-19(18)24-17/h4-8,10-11,14H,9,12H2,1-3H3,(H2,22,27)(H,24,26). The maximum atomic E-state index is 12.5. The van der Waals surface area contributed by atoms with Gasteiger partial charge in [0.2, 0.25) is 5.91 Å². The van der Waals surface area contributed by atoms with E-state index in [4.69, 9.17) is 5.73 Å². The molecule has 0 fully saturated rings. The highest BCUT2D eigenvalue weighted by atomic mass is 16.1. The number of pyridine rings is 2. The number of carbonyl (C=O) groups is 1. The molecular weight excluding hydrogens is 340 g/mol. The molecule has 1 amide bonds. The summed E-state index contributed by atoms with van der Waals surface area (Å²) in [5.74, 6) is -0.543. The number of primary amides is 1. The minimum Gasteiger partial charge on any atom is -0.366 e. The Morgan fingerprint density at radius 3 is 2.74 bits per heavy atom. The highest BCUT2D eigenvalue weighted by Crippen LogP contribution is 2.14. The highest BCUT2D eigenvalue weighted by Gasteiger charge is 2.13. The number of nitrogens with zero attached hydrogens (tertiary/aromatic N) is 2. The van der Waals surface area contributed by atoms with Crippen molar-refractivity contribution in [2.45, 2.75) is 32.9 Å². The molecule has 0 aliphatic heterocycles. The number of aryl methyl sites for hydroxylation is 1. The van der Waals surface area contributed by atoms with Gasteiger partial charge < -0.3 is 10.7 Å². The number of rotatable bonds is 6. The zero-order valence-electron chi connectivity index (χ0n) is 15.8. The smallest absolute Gasteiger partial charge is 0.248 e. The van der Waals surface area contributed by atoms with Crippen LogP contribution in [0.3, 0.4) is 0 Å². The van der Waals surface area contributed by atoms with Gasteiger partial charge in [-0.2, -0.15) is 0 Å². The van der Waals surface area contributed by atoms with Crippen LogP contribution in [0.15, 0.2) is 47.4 Å². The summed E-state index contributed by atoms with van der Waals surface area (Å²) in [7, 11) is 2.03. The molecule has 0 spiro atoms. The molecule has 0 radical (unpaired) electrons. The number of carbonyl (C=O) groups excluding carboxylic acids is 1. The third kappa shape index (κ3) is 4.41. The highest BCUT2D eigenvalue weighted by molar-refractivity contribution is 5.96. The van der Waals surface area contributed by atoms with E-state index >= 15 is 0 Å². The first-order chi connectivity index (χ1) is 12.8. The summed E-state index contributed by atoms with van der Waals surface area (Å²) in [6.45, 7) is 4.81. The van der Waals surface area contributed by atoms with Crippen molar-refractivity contribution < 1.29 is 4.79 Å². The second-order valence-electron chi connectivity index (χ2n) is 7.08. The van der Waals surface area contributed by atoms with Gasteiger partial charge in [-0.15, -0.1) is 0 Å². The number of aromatic nitrogens is 2. The molecule has 0 aliphatic rings. The van der Waals surface area contributed by atoms with Crippen molar-refractivity contribution in [2.24, 2.45) is 5.73 Å². The number of likely N-dealkylation sites (N-methyl/N-ethyl adjacent to an activating group) is 1. The van der Waals surface area contributed by atoms with Crippen LogP contribution < -0.4 is 11.2 Å². The van der Waals surface area contributed by atoms with Crippen molar-refractivity contribution in [2.75, 3.05) is 7.05 Å². The quantitative estimate of drug-likeness (QED) is 0.702. The molecule has 3 rings (SSSR count). The van der Waals surface area contributed by atoms with Crippen molar-refractivity contribution in [3.05, 3.63) is 75.3 Å². The van der Waals surface area contributed by atoms with Crippen molar-refractivity contribution in [1.29, 1.82) is 0 Å². The van der Waals surface area contributed by atoms with Gasteiger partial charge in [-0.05, 0) is 56.8 Å². The molecule has 0 bridgehead atoms. The van der Waals surface area contributed by atoms with E-state index in [1.807, 2.05) is 19.3 Å². The van der Waals surface area contributed by atoms with Crippen molar-refractivity contribution in [3.8, 4) is 0 Å². The van der Waals surface area contributed by atoms with Crippen LogP contribution in [-0.2, 0) is 13.0 Å². The molecule has 2 heterocycles. The lowest BCUT2D eigenvalue weighted by Crippen LogP contribution is -2.31. The third-order valence-electron chi connectivity index (χ3n) is 4.82. The summed E-state index contributed by atoms with van der Waals surface area (Å²) < 4.78 is 0. The van der Waals surface area contributed by atoms with Crippen LogP contribution >= 0.6 is 0 Å². The number of nitrogens with one attached hydrogen (secondary N) is 1. The first-order valence-corrected chi connectivity index (χ1v) is 8.91. The van der Waals surface area contributed by atoms with E-state index < -0.39 is 5.91 Å². The number of H-pyrrole nitrogens is 1. The van der Waals surface area contributed by atoms with Crippen LogP contribution in [0, 0.1) is 6.92 Å². The Morgan fingerprint density at radius 2 is 2.04 bits per heavy atom. The van der Waals surface area contributed by atoms with E-state index in [0.717, 1.165) is 17.8 Å². The number of hydrogen-bond acceptors (Lipinski definition) is 4. The van der Waals surface area contributed by atoms with Crippen LogP contribution in [0.4, 0.5) is 0 Å². The van der Waals surface area contributed by atoms with Crippen LogP contribution in [0.1, 0.15) is 34.2 Å². The molecule has 0 aliphatic carbocycles. The van der Waals surface area contributed by atoms with E-state index in [2.05, 4.69) is 34.8 Å². The predicted octanol–water partition coefficient (Wildman–Crippen LogP) is 2.39. The molecule has 0 saturated carbocycles. The van der Waals surface area contributed by atoms with Crippen LogP contribution in [0.2, 0.25) is 0 Å². The number of aromatic amines is 1. The number of fused-ring (bicyclic) bond motifs is 1. The van der Waals surface area contributed by atoms with Gasteiger partial charge >= 0.3 is 0 Å². The third-order valence-corrected chi connectivity index (χ3v) is 4.82. The average Bonchev–Trinajstić information content (AvgIpc) is 2.61.